The van der Waals surface area contributed by atoms with Gasteiger partial charge in [-0.05, 0) is 104 Å². The first kappa shape index (κ1) is 72.2. The van der Waals surface area contributed by atoms with E-state index >= 15 is 0 Å². The third-order valence-electron chi connectivity index (χ3n) is 11.8. The molecule has 5 heteroatoms. The van der Waals surface area contributed by atoms with Gasteiger partial charge in [0.15, 0.2) is 0 Å². The average molecular weight is 980 g/mol. The van der Waals surface area contributed by atoms with E-state index in [1.807, 2.05) is 0 Å². The van der Waals surface area contributed by atoms with Gasteiger partial charge in [0.25, 0.3) is 0 Å². The maximum atomic E-state index is 2.39. The van der Waals surface area contributed by atoms with Crippen LogP contribution in [-0.4, -0.2) is 78.0 Å². The first-order valence-electron chi connectivity index (χ1n) is 27.7. The topological polar surface area (TPSA) is 0 Å². The molecule has 0 aliphatic carbocycles. The van der Waals surface area contributed by atoms with Gasteiger partial charge in [0.1, 0.15) is 0 Å². The number of hydrogen-bond donors (Lipinski definition) is 0. The van der Waals surface area contributed by atoms with E-state index in [0.717, 1.165) is 0 Å². The predicted molar refractivity (Wildman–Crippen MR) is 302 cm³/mol. The fourth-order valence-electron chi connectivity index (χ4n) is 7.66. The van der Waals surface area contributed by atoms with E-state index in [-0.39, 0.29) is 16.5 Å². The van der Waals surface area contributed by atoms with Crippen molar-refractivity contribution in [2.45, 2.75) is 285 Å². The first-order chi connectivity index (χ1) is 29.1. The average Bonchev–Trinajstić information content (AvgIpc) is 3.21. The molecule has 0 atom stereocenters. The standard InChI is InChI=1S/4C14H31P.Ni/c4*1-4-5-6-7-8-9-10-11-12-13-14-15(2)3;/h4*4-14H2,1-3H3;. The van der Waals surface area contributed by atoms with E-state index in [4.69, 9.17) is 0 Å². The Kier molecular flexibility index (Phi) is 81.4. The molecule has 61 heavy (non-hydrogen) atoms. The van der Waals surface area contributed by atoms with E-state index in [0.29, 0.717) is 31.7 Å². The second kappa shape index (κ2) is 68.8. The summed E-state index contributed by atoms with van der Waals surface area (Å²) >= 11 is 0. The van der Waals surface area contributed by atoms with Gasteiger partial charge in [0, 0.05) is 16.5 Å². The second-order valence-corrected chi connectivity index (χ2v) is 30.4. The minimum atomic E-state index is 0. The van der Waals surface area contributed by atoms with Crippen molar-refractivity contribution in [1.82, 2.24) is 0 Å². The van der Waals surface area contributed by atoms with Crippen LogP contribution in [0.2, 0.25) is 0 Å². The van der Waals surface area contributed by atoms with Gasteiger partial charge in [-0.3, -0.25) is 0 Å². The van der Waals surface area contributed by atoms with Crippen LogP contribution in [0.4, 0.5) is 0 Å². The Hall–Kier alpha value is 2.21. The monoisotopic (exact) mass is 979 g/mol. The molecule has 0 saturated heterocycles. The molecule has 0 aromatic heterocycles. The van der Waals surface area contributed by atoms with Crippen LogP contribution in [0, 0.1) is 0 Å². The van der Waals surface area contributed by atoms with Gasteiger partial charge >= 0.3 is 0 Å². The summed E-state index contributed by atoms with van der Waals surface area (Å²) in [6.07, 6.45) is 64.5. The van der Waals surface area contributed by atoms with Crippen molar-refractivity contribution in [1.29, 1.82) is 0 Å². The summed E-state index contributed by atoms with van der Waals surface area (Å²) in [5.74, 6) is 0. The molecule has 0 amide bonds. The summed E-state index contributed by atoms with van der Waals surface area (Å²) in [6, 6.07) is 0. The largest absolute Gasteiger partial charge is 0.113 e. The molecule has 0 aromatic carbocycles. The smallest absolute Gasteiger partial charge is 0 e. The molecule has 0 aliphatic heterocycles. The molecule has 0 N–H and O–H groups in total. The van der Waals surface area contributed by atoms with Crippen molar-refractivity contribution in [2.75, 3.05) is 78.0 Å². The van der Waals surface area contributed by atoms with Crippen LogP contribution in [-0.2, 0) is 16.5 Å². The third-order valence-corrected chi connectivity index (χ3v) is 16.7. The van der Waals surface area contributed by atoms with Crippen LogP contribution in [0.25, 0.3) is 0 Å². The van der Waals surface area contributed by atoms with Crippen molar-refractivity contribution >= 4 is 31.7 Å². The predicted octanol–water partition coefficient (Wildman–Crippen LogP) is 22.6. The van der Waals surface area contributed by atoms with Crippen LogP contribution in [0.5, 0.6) is 0 Å². The molecular formula is C56H124NiP4. The van der Waals surface area contributed by atoms with Crippen LogP contribution in [0.15, 0.2) is 0 Å². The summed E-state index contributed by atoms with van der Waals surface area (Å²) < 4.78 is 0. The molecule has 0 fully saturated rings. The molecule has 0 heterocycles. The van der Waals surface area contributed by atoms with Gasteiger partial charge in [-0.25, -0.2) is 0 Å². The number of hydrogen-bond acceptors (Lipinski definition) is 0. The first-order valence-corrected chi connectivity index (χ1v) is 37.4. The van der Waals surface area contributed by atoms with Crippen LogP contribution in [0.3, 0.4) is 0 Å². The molecule has 0 radical (unpaired) electrons. The Morgan fingerprint density at radius 3 is 0.361 bits per heavy atom. The molecule has 0 nitrogen and oxygen atoms in total. The van der Waals surface area contributed by atoms with Gasteiger partial charge < -0.3 is 0 Å². The minimum Gasteiger partial charge on any atom is -0.113 e. The summed E-state index contributed by atoms with van der Waals surface area (Å²) in [5.41, 5.74) is 0. The van der Waals surface area contributed by atoms with Crippen molar-refractivity contribution in [2.24, 2.45) is 0 Å². The van der Waals surface area contributed by atoms with Crippen LogP contribution >= 0.6 is 31.7 Å². The van der Waals surface area contributed by atoms with Gasteiger partial charge in [0.05, 0.1) is 0 Å². The SMILES string of the molecule is CCCCCCCCCCCCP(C)C.CCCCCCCCCCCCP(C)C.CCCCCCCCCCCCP(C)C.CCCCCCCCCCCCP(C)C.[Ni]. The zero-order valence-electron chi connectivity index (χ0n) is 45.2. The Balaban J connectivity index is -0.000000227. The quantitative estimate of drug-likeness (QED) is 0.0324. The number of rotatable bonds is 44. The summed E-state index contributed by atoms with van der Waals surface area (Å²) in [5, 5.41) is 0. The minimum absolute atomic E-state index is 0. The van der Waals surface area contributed by atoms with Crippen molar-refractivity contribution < 1.29 is 16.5 Å². The van der Waals surface area contributed by atoms with Crippen LogP contribution < -0.4 is 0 Å². The third kappa shape index (κ3) is 89.5. The Morgan fingerprint density at radius 1 is 0.164 bits per heavy atom. The fraction of sp³-hybridized carbons (Fsp3) is 1.00. The van der Waals surface area contributed by atoms with E-state index in [2.05, 4.69) is 81.0 Å². The van der Waals surface area contributed by atoms with Crippen molar-refractivity contribution in [3.8, 4) is 0 Å². The maximum absolute atomic E-state index is 2.39. The molecular weight excluding hydrogens is 855 g/mol. The van der Waals surface area contributed by atoms with Gasteiger partial charge in [-0.2, -0.15) is 0 Å². The molecule has 0 aromatic rings. The second-order valence-electron chi connectivity index (χ2n) is 19.9. The van der Waals surface area contributed by atoms with Gasteiger partial charge in [-0.15, -0.1) is 31.7 Å². The van der Waals surface area contributed by atoms with E-state index in [1.165, 1.54) is 281 Å². The molecule has 0 saturated carbocycles. The molecule has 0 aliphatic rings. The molecule has 0 spiro atoms. The maximum Gasteiger partial charge on any atom is 0 e. The van der Waals surface area contributed by atoms with E-state index in [1.54, 1.807) is 0 Å². The molecule has 0 unspecified atom stereocenters. The number of unbranched alkanes of at least 4 members (excludes halogenated alkanes) is 36. The van der Waals surface area contributed by atoms with Crippen molar-refractivity contribution in [3.05, 3.63) is 0 Å². The van der Waals surface area contributed by atoms with E-state index in [9.17, 15) is 0 Å². The molecule has 378 valence electrons. The zero-order chi connectivity index (χ0) is 45.4. The Labute approximate surface area is 408 Å². The van der Waals surface area contributed by atoms with Gasteiger partial charge in [0.2, 0.25) is 0 Å². The summed E-state index contributed by atoms with van der Waals surface area (Å²) in [7, 11) is 1.46. The summed E-state index contributed by atoms with van der Waals surface area (Å²) in [4.78, 5) is 0. The Bertz CT molecular complexity index is 559. The fourth-order valence-corrected chi connectivity index (χ4v) is 11.1. The van der Waals surface area contributed by atoms with Gasteiger partial charge in [-0.1, -0.05) is 259 Å². The Morgan fingerprint density at radius 2 is 0.262 bits per heavy atom. The normalized spacial score (nSPS) is 11.0. The van der Waals surface area contributed by atoms with E-state index < -0.39 is 0 Å². The molecule has 0 bridgehead atoms. The van der Waals surface area contributed by atoms with Crippen LogP contribution in [0.1, 0.15) is 285 Å². The zero-order valence-corrected chi connectivity index (χ0v) is 49.8. The summed E-state index contributed by atoms with van der Waals surface area (Å²) in [6.45, 7) is 28.3. The van der Waals surface area contributed by atoms with Crippen molar-refractivity contribution in [3.63, 3.8) is 0 Å². The molecule has 0 rings (SSSR count).